The lowest BCUT2D eigenvalue weighted by Gasteiger charge is -2.22. The van der Waals surface area contributed by atoms with Crippen LogP contribution in [-0.4, -0.2) is 12.6 Å². The molecule has 0 N–H and O–H groups in total. The predicted molar refractivity (Wildman–Crippen MR) is 89.3 cm³/mol. The standard InChI is InChI=1S/C20H15F3O3/c1-2-12-3-8-18(25-11-12)13-4-6-14(7-5-13)20(24)26-15-9-16(21)19(23)17(22)10-15/h2-7,9-10,18H,1,8,11H2. The molecule has 6 heteroatoms. The fourth-order valence-corrected chi connectivity index (χ4v) is 2.55. The van der Waals surface area contributed by atoms with Crippen LogP contribution in [0, 0.1) is 17.5 Å². The minimum absolute atomic E-state index is 0.121. The normalized spacial score (nSPS) is 16.7. The molecule has 1 atom stereocenters. The molecule has 134 valence electrons. The average Bonchev–Trinajstić information content (AvgIpc) is 2.66. The molecule has 0 saturated heterocycles. The van der Waals surface area contributed by atoms with Gasteiger partial charge >= 0.3 is 5.97 Å². The molecule has 0 bridgehead atoms. The summed E-state index contributed by atoms with van der Waals surface area (Å²) in [5, 5.41) is 0. The first-order valence-corrected chi connectivity index (χ1v) is 7.87. The second-order valence-corrected chi connectivity index (χ2v) is 5.73. The predicted octanol–water partition coefficient (Wildman–Crippen LogP) is 4.90. The second kappa shape index (κ2) is 7.58. The third-order valence-corrected chi connectivity index (χ3v) is 3.99. The fraction of sp³-hybridized carbons (Fsp3) is 0.150. The summed E-state index contributed by atoms with van der Waals surface area (Å²) in [5.41, 5.74) is 2.11. The zero-order valence-corrected chi connectivity index (χ0v) is 13.7. The van der Waals surface area contributed by atoms with Gasteiger partial charge in [-0.05, 0) is 29.7 Å². The molecule has 0 aliphatic carbocycles. The summed E-state index contributed by atoms with van der Waals surface area (Å²) in [4.78, 5) is 12.1. The number of halogens is 3. The summed E-state index contributed by atoms with van der Waals surface area (Å²) < 4.78 is 49.9. The number of benzene rings is 2. The van der Waals surface area contributed by atoms with Gasteiger partial charge in [-0.25, -0.2) is 18.0 Å². The Morgan fingerprint density at radius 2 is 1.81 bits per heavy atom. The van der Waals surface area contributed by atoms with E-state index in [1.807, 2.05) is 6.08 Å². The zero-order valence-electron chi connectivity index (χ0n) is 13.7. The van der Waals surface area contributed by atoms with Gasteiger partial charge in [0.15, 0.2) is 17.5 Å². The van der Waals surface area contributed by atoms with Crippen molar-refractivity contribution in [1.29, 1.82) is 0 Å². The zero-order chi connectivity index (χ0) is 18.7. The monoisotopic (exact) mass is 360 g/mol. The maximum Gasteiger partial charge on any atom is 0.343 e. The maximum atomic E-state index is 13.2. The average molecular weight is 360 g/mol. The molecule has 0 radical (unpaired) electrons. The van der Waals surface area contributed by atoms with Gasteiger partial charge in [0, 0.05) is 12.1 Å². The van der Waals surface area contributed by atoms with E-state index >= 15 is 0 Å². The van der Waals surface area contributed by atoms with Crippen LogP contribution in [0.3, 0.4) is 0 Å². The molecule has 0 aromatic heterocycles. The van der Waals surface area contributed by atoms with Gasteiger partial charge in [0.1, 0.15) is 5.75 Å². The maximum absolute atomic E-state index is 13.2. The Balaban J connectivity index is 1.69. The summed E-state index contributed by atoms with van der Waals surface area (Å²) in [6, 6.07) is 7.74. The number of hydrogen-bond acceptors (Lipinski definition) is 3. The van der Waals surface area contributed by atoms with Crippen molar-refractivity contribution >= 4 is 5.97 Å². The minimum Gasteiger partial charge on any atom is -0.423 e. The Hall–Kier alpha value is -2.86. The van der Waals surface area contributed by atoms with Crippen LogP contribution in [0.25, 0.3) is 0 Å². The molecular weight excluding hydrogens is 345 g/mol. The molecule has 3 nitrogen and oxygen atoms in total. The Kier molecular flexibility index (Phi) is 5.23. The van der Waals surface area contributed by atoms with Gasteiger partial charge < -0.3 is 9.47 Å². The highest BCUT2D eigenvalue weighted by atomic mass is 19.2. The molecule has 1 unspecified atom stereocenters. The summed E-state index contributed by atoms with van der Waals surface area (Å²) in [5.74, 6) is -5.68. The number of carbonyl (C=O) groups is 1. The molecule has 2 aromatic carbocycles. The van der Waals surface area contributed by atoms with Crippen LogP contribution in [-0.2, 0) is 4.74 Å². The summed E-state index contributed by atoms with van der Waals surface area (Å²) >= 11 is 0. The molecule has 0 spiro atoms. The lowest BCUT2D eigenvalue weighted by molar-refractivity contribution is 0.0633. The van der Waals surface area contributed by atoms with Crippen molar-refractivity contribution in [2.75, 3.05) is 6.61 Å². The van der Waals surface area contributed by atoms with E-state index in [2.05, 4.69) is 6.58 Å². The van der Waals surface area contributed by atoms with Crippen molar-refractivity contribution in [3.63, 3.8) is 0 Å². The number of esters is 1. The lowest BCUT2D eigenvalue weighted by atomic mass is 10.0. The quantitative estimate of drug-likeness (QED) is 0.442. The van der Waals surface area contributed by atoms with Crippen molar-refractivity contribution in [3.05, 3.63) is 89.3 Å². The molecule has 1 aliphatic heterocycles. The van der Waals surface area contributed by atoms with Crippen LogP contribution in [0.2, 0.25) is 0 Å². The second-order valence-electron chi connectivity index (χ2n) is 5.73. The van der Waals surface area contributed by atoms with Crippen molar-refractivity contribution in [3.8, 4) is 5.75 Å². The Bertz CT molecular complexity index is 849. The first-order chi connectivity index (χ1) is 12.5. The third-order valence-electron chi connectivity index (χ3n) is 3.99. The van der Waals surface area contributed by atoms with E-state index in [4.69, 9.17) is 9.47 Å². The first kappa shape index (κ1) is 17.9. The van der Waals surface area contributed by atoms with Gasteiger partial charge in [-0.3, -0.25) is 0 Å². The van der Waals surface area contributed by atoms with Crippen LogP contribution in [0.1, 0.15) is 28.4 Å². The van der Waals surface area contributed by atoms with E-state index in [9.17, 15) is 18.0 Å². The number of carbonyl (C=O) groups excluding carboxylic acids is 1. The highest BCUT2D eigenvalue weighted by Gasteiger charge is 2.18. The Labute approximate surface area is 148 Å². The summed E-state index contributed by atoms with van der Waals surface area (Å²) in [7, 11) is 0. The lowest BCUT2D eigenvalue weighted by Crippen LogP contribution is -2.12. The molecular formula is C20H15F3O3. The Morgan fingerprint density at radius 3 is 2.35 bits per heavy atom. The highest BCUT2D eigenvalue weighted by molar-refractivity contribution is 5.91. The summed E-state index contributed by atoms with van der Waals surface area (Å²) in [6.07, 6.45) is 4.36. The number of ether oxygens (including phenoxy) is 2. The number of hydrogen-bond donors (Lipinski definition) is 0. The topological polar surface area (TPSA) is 35.5 Å². The van der Waals surface area contributed by atoms with Crippen molar-refractivity contribution in [2.24, 2.45) is 0 Å². The van der Waals surface area contributed by atoms with Crippen LogP contribution in [0.15, 0.2) is 60.7 Å². The molecule has 0 amide bonds. The van der Waals surface area contributed by atoms with Crippen LogP contribution < -0.4 is 4.74 Å². The minimum atomic E-state index is -1.62. The SMILES string of the molecule is C=CC1=CCC(c2ccc(C(=O)Oc3cc(F)c(F)c(F)c3)cc2)OC1. The summed E-state index contributed by atoms with van der Waals surface area (Å²) in [6.45, 7) is 4.17. The van der Waals surface area contributed by atoms with E-state index in [-0.39, 0.29) is 11.7 Å². The van der Waals surface area contributed by atoms with E-state index in [0.717, 1.165) is 11.1 Å². The van der Waals surface area contributed by atoms with Crippen LogP contribution >= 0.6 is 0 Å². The molecule has 1 heterocycles. The van der Waals surface area contributed by atoms with E-state index in [1.54, 1.807) is 18.2 Å². The molecule has 2 aromatic rings. The highest BCUT2D eigenvalue weighted by Crippen LogP contribution is 2.27. The van der Waals surface area contributed by atoms with Gasteiger partial charge in [-0.1, -0.05) is 30.9 Å². The van der Waals surface area contributed by atoms with Crippen LogP contribution in [0.5, 0.6) is 5.75 Å². The molecule has 3 rings (SSSR count). The van der Waals surface area contributed by atoms with E-state index < -0.39 is 29.2 Å². The molecule has 26 heavy (non-hydrogen) atoms. The van der Waals surface area contributed by atoms with Crippen LogP contribution in [0.4, 0.5) is 13.2 Å². The van der Waals surface area contributed by atoms with Gasteiger partial charge in [0.2, 0.25) is 0 Å². The third kappa shape index (κ3) is 3.86. The van der Waals surface area contributed by atoms with Gasteiger partial charge in [0.05, 0.1) is 18.3 Å². The van der Waals surface area contributed by atoms with Gasteiger partial charge in [-0.15, -0.1) is 0 Å². The fourth-order valence-electron chi connectivity index (χ4n) is 2.55. The largest absolute Gasteiger partial charge is 0.423 e. The van der Waals surface area contributed by atoms with Crippen molar-refractivity contribution in [2.45, 2.75) is 12.5 Å². The van der Waals surface area contributed by atoms with E-state index in [1.165, 1.54) is 12.1 Å². The smallest absolute Gasteiger partial charge is 0.343 e. The van der Waals surface area contributed by atoms with Gasteiger partial charge in [-0.2, -0.15) is 0 Å². The molecule has 0 fully saturated rings. The molecule has 0 saturated carbocycles. The van der Waals surface area contributed by atoms with Crippen molar-refractivity contribution in [1.82, 2.24) is 0 Å². The molecule has 1 aliphatic rings. The Morgan fingerprint density at radius 1 is 1.15 bits per heavy atom. The number of rotatable bonds is 4. The first-order valence-electron chi connectivity index (χ1n) is 7.87. The van der Waals surface area contributed by atoms with Crippen molar-refractivity contribution < 1.29 is 27.4 Å². The van der Waals surface area contributed by atoms with Gasteiger partial charge in [0.25, 0.3) is 0 Å². The van der Waals surface area contributed by atoms with E-state index in [0.29, 0.717) is 25.2 Å².